The van der Waals surface area contributed by atoms with E-state index in [4.69, 9.17) is 31.5 Å². The lowest BCUT2D eigenvalue weighted by Gasteiger charge is -2.25. The molecule has 2 aromatic rings. The fourth-order valence-corrected chi connectivity index (χ4v) is 4.77. The molecule has 1 saturated heterocycles. The fourth-order valence-electron chi connectivity index (χ4n) is 4.59. The minimum atomic E-state index is -0.659. The van der Waals surface area contributed by atoms with Gasteiger partial charge in [-0.25, -0.2) is 4.79 Å². The van der Waals surface area contributed by atoms with E-state index in [0.717, 1.165) is 24.1 Å². The molecule has 1 aliphatic heterocycles. The molecule has 2 heterocycles. The summed E-state index contributed by atoms with van der Waals surface area (Å²) in [6.07, 6.45) is 4.36. The Balaban J connectivity index is 0.000000357. The molecule has 48 heavy (non-hydrogen) atoms. The van der Waals surface area contributed by atoms with Gasteiger partial charge >= 0.3 is 12.1 Å². The average molecular weight is 693 g/mol. The molecule has 2 fully saturated rings. The van der Waals surface area contributed by atoms with Crippen LogP contribution in [-0.4, -0.2) is 72.2 Å². The van der Waals surface area contributed by atoms with E-state index in [-0.39, 0.29) is 35.8 Å². The molecule has 4 N–H and O–H groups in total. The number of alkyl carbamates (subject to hydrolysis) is 1. The maximum atomic E-state index is 12.0. The third kappa shape index (κ3) is 14.4. The zero-order valence-electron chi connectivity index (χ0n) is 29.7. The van der Waals surface area contributed by atoms with Gasteiger partial charge in [0.2, 0.25) is 11.8 Å². The van der Waals surface area contributed by atoms with Crippen LogP contribution in [-0.2, 0) is 23.9 Å². The summed E-state index contributed by atoms with van der Waals surface area (Å²) in [5.41, 5.74) is 4.53. The van der Waals surface area contributed by atoms with Crippen molar-refractivity contribution in [2.45, 2.75) is 79.9 Å². The first-order chi connectivity index (χ1) is 22.4. The first-order valence-corrected chi connectivity index (χ1v) is 16.4. The highest BCUT2D eigenvalue weighted by molar-refractivity contribution is 6.31. The number of methoxy groups -OCH3 is 1. The number of hydrogen-bond acceptors (Lipinski definition) is 8. The van der Waals surface area contributed by atoms with E-state index in [9.17, 15) is 24.0 Å². The second kappa shape index (κ2) is 19.7. The predicted octanol–water partition coefficient (Wildman–Crippen LogP) is 5.46. The van der Waals surface area contributed by atoms with E-state index in [1.165, 1.54) is 4.90 Å². The average Bonchev–Trinajstić information content (AvgIpc) is 3.68. The predicted molar refractivity (Wildman–Crippen MR) is 188 cm³/mol. The maximum absolute atomic E-state index is 12.0. The van der Waals surface area contributed by atoms with Gasteiger partial charge in [0.15, 0.2) is 0 Å². The number of ether oxygens (including phenoxy) is 3. The van der Waals surface area contributed by atoms with Crippen LogP contribution in [0.1, 0.15) is 68.2 Å². The van der Waals surface area contributed by atoms with Crippen LogP contribution in [0.5, 0.6) is 5.75 Å². The van der Waals surface area contributed by atoms with Crippen molar-refractivity contribution in [3.8, 4) is 5.75 Å². The summed E-state index contributed by atoms with van der Waals surface area (Å²) in [5.74, 6) is 1.11. The minimum Gasteiger partial charge on any atom is -0.495 e. The Hall–Kier alpha value is -4.06. The van der Waals surface area contributed by atoms with E-state index in [1.807, 2.05) is 19.9 Å². The van der Waals surface area contributed by atoms with Crippen molar-refractivity contribution in [1.29, 1.82) is 0 Å². The van der Waals surface area contributed by atoms with Crippen molar-refractivity contribution in [2.24, 2.45) is 29.4 Å². The summed E-state index contributed by atoms with van der Waals surface area (Å²) in [7, 11) is 1.56. The van der Waals surface area contributed by atoms with Gasteiger partial charge in [0.25, 0.3) is 5.56 Å². The molecule has 0 bridgehead atoms. The van der Waals surface area contributed by atoms with Gasteiger partial charge < -0.3 is 35.1 Å². The summed E-state index contributed by atoms with van der Waals surface area (Å²) in [5, 5.41) is 4.23. The number of nitrogens with zero attached hydrogens (tertiary/aromatic N) is 1. The first kappa shape index (κ1) is 42.0. The number of fused-ring (bicyclic) bond motifs is 1. The van der Waals surface area contributed by atoms with Gasteiger partial charge in [0.05, 0.1) is 25.0 Å². The van der Waals surface area contributed by atoms with Gasteiger partial charge in [-0.3, -0.25) is 19.2 Å². The number of benzene rings is 1. The van der Waals surface area contributed by atoms with Crippen LogP contribution in [0.3, 0.4) is 0 Å². The maximum Gasteiger partial charge on any atom is 0.408 e. The number of aromatic amines is 1. The molecular weight excluding hydrogens is 640 g/mol. The molecule has 4 atom stereocenters. The first-order valence-electron chi connectivity index (χ1n) is 16.1. The number of hydrogen-bond donors (Lipinski definition) is 3. The number of carbonyl (C=O) groups excluding carboxylic acids is 4. The van der Waals surface area contributed by atoms with Crippen molar-refractivity contribution >= 4 is 46.3 Å². The summed E-state index contributed by atoms with van der Waals surface area (Å²) in [6.45, 7) is 19.8. The Kier molecular flexibility index (Phi) is 17.2. The van der Waals surface area contributed by atoms with Gasteiger partial charge in [-0.15, -0.1) is 6.58 Å². The number of carbonyl (C=O) groups is 4. The largest absolute Gasteiger partial charge is 0.495 e. The van der Waals surface area contributed by atoms with Crippen LogP contribution in [0, 0.1) is 23.7 Å². The van der Waals surface area contributed by atoms with Gasteiger partial charge in [0.1, 0.15) is 23.9 Å². The standard InChI is InChI=1S/C13H23N3O4.C10H8ClNO2.C8H12O2.C4H10/c1-8-5-6-16(10(8)11(14)18)9(17)7-15-12(19)20-13(2,3)4;1-14-9-5-12-10(13)8-4-6(11)2-3-7(8)9;1-3-6-5-7(6)8(9)10-4-2;1-4(2)3/h8,10H,5-7H2,1-4H3,(H2,14,18)(H,15,19);2-5H,1H3,(H,12,13);3,6-7H,1,4-5H2,2H3;4H,1-3H3. The van der Waals surface area contributed by atoms with Crippen molar-refractivity contribution in [2.75, 3.05) is 26.8 Å². The number of likely N-dealkylation sites (tertiary alicyclic amines) is 1. The quantitative estimate of drug-likeness (QED) is 0.254. The molecule has 2 aliphatic rings. The van der Waals surface area contributed by atoms with Crippen LogP contribution in [0.15, 0.2) is 41.8 Å². The monoisotopic (exact) mass is 692 g/mol. The summed E-state index contributed by atoms with van der Waals surface area (Å²) in [4.78, 5) is 61.2. The number of nitrogens with two attached hydrogens (primary N) is 1. The number of primary amides is 1. The molecular formula is C35H53ClN4O8. The number of allylic oxidation sites excluding steroid dienone is 1. The second-order valence-electron chi connectivity index (χ2n) is 13.2. The minimum absolute atomic E-state index is 0.0398. The Morgan fingerprint density at radius 1 is 1.19 bits per heavy atom. The zero-order valence-corrected chi connectivity index (χ0v) is 30.4. The molecule has 4 rings (SSSR count). The topological polar surface area (TPSA) is 170 Å². The molecule has 4 unspecified atom stereocenters. The lowest BCUT2D eigenvalue weighted by Crippen LogP contribution is -2.49. The lowest BCUT2D eigenvalue weighted by atomic mass is 10.0. The van der Waals surface area contributed by atoms with Crippen LogP contribution in [0.2, 0.25) is 5.02 Å². The molecule has 0 spiro atoms. The highest BCUT2D eigenvalue weighted by Gasteiger charge is 2.41. The number of H-pyrrole nitrogens is 1. The Labute approximate surface area is 288 Å². The third-order valence-corrected chi connectivity index (χ3v) is 7.11. The number of halogens is 1. The molecule has 0 radical (unpaired) electrons. The highest BCUT2D eigenvalue weighted by Crippen LogP contribution is 2.40. The van der Waals surface area contributed by atoms with Gasteiger partial charge in [-0.1, -0.05) is 45.4 Å². The van der Waals surface area contributed by atoms with E-state index >= 15 is 0 Å². The van der Waals surface area contributed by atoms with Crippen molar-refractivity contribution < 1.29 is 33.4 Å². The number of nitrogens with one attached hydrogen (secondary N) is 2. The normalized spacial score (nSPS) is 19.3. The zero-order chi connectivity index (χ0) is 36.8. The second-order valence-corrected chi connectivity index (χ2v) is 13.6. The molecule has 1 aromatic heterocycles. The van der Waals surface area contributed by atoms with Crippen LogP contribution >= 0.6 is 11.6 Å². The van der Waals surface area contributed by atoms with E-state index in [0.29, 0.717) is 35.2 Å². The van der Waals surface area contributed by atoms with Gasteiger partial charge in [0, 0.05) is 23.2 Å². The fraction of sp³-hybridized carbons (Fsp3) is 0.571. The van der Waals surface area contributed by atoms with Crippen molar-refractivity contribution in [3.63, 3.8) is 0 Å². The Bertz CT molecular complexity index is 1450. The third-order valence-electron chi connectivity index (χ3n) is 6.87. The van der Waals surface area contributed by atoms with E-state index in [2.05, 4.69) is 37.7 Å². The Morgan fingerprint density at radius 3 is 2.31 bits per heavy atom. The molecule has 1 aliphatic carbocycles. The molecule has 12 nitrogen and oxygen atoms in total. The van der Waals surface area contributed by atoms with Crippen LogP contribution < -0.4 is 21.3 Å². The van der Waals surface area contributed by atoms with Crippen LogP contribution in [0.25, 0.3) is 10.8 Å². The summed E-state index contributed by atoms with van der Waals surface area (Å²) >= 11 is 5.79. The number of rotatable bonds is 7. The van der Waals surface area contributed by atoms with Gasteiger partial charge in [-0.2, -0.15) is 0 Å². The molecule has 13 heteroatoms. The van der Waals surface area contributed by atoms with Gasteiger partial charge in [-0.05, 0) is 76.5 Å². The molecule has 3 amide bonds. The molecule has 1 saturated carbocycles. The van der Waals surface area contributed by atoms with E-state index < -0.39 is 23.6 Å². The van der Waals surface area contributed by atoms with Crippen molar-refractivity contribution in [3.05, 3.63) is 52.4 Å². The number of aromatic nitrogens is 1. The summed E-state index contributed by atoms with van der Waals surface area (Å²) in [6, 6.07) is 4.53. The highest BCUT2D eigenvalue weighted by atomic mass is 35.5. The number of pyridine rings is 1. The number of amides is 3. The van der Waals surface area contributed by atoms with E-state index in [1.54, 1.807) is 52.3 Å². The lowest BCUT2D eigenvalue weighted by molar-refractivity contribution is -0.144. The van der Waals surface area contributed by atoms with Crippen molar-refractivity contribution in [1.82, 2.24) is 15.2 Å². The number of esters is 1. The summed E-state index contributed by atoms with van der Waals surface area (Å²) < 4.78 is 15.0. The molecule has 268 valence electrons. The SMILES string of the molecule is C=CC1CC1C(=O)OCC.CC(C)C.CC1CCN(C(=O)CNC(=O)OC(C)(C)C)C1C(N)=O.COc1c[nH]c(=O)c2cc(Cl)ccc12. The van der Waals surface area contributed by atoms with Crippen LogP contribution in [0.4, 0.5) is 4.79 Å². The molecule has 1 aromatic carbocycles. The Morgan fingerprint density at radius 2 is 1.81 bits per heavy atom. The smallest absolute Gasteiger partial charge is 0.408 e.